The van der Waals surface area contributed by atoms with Crippen molar-refractivity contribution in [2.45, 2.75) is 414 Å². The van der Waals surface area contributed by atoms with Gasteiger partial charge in [0.1, 0.15) is 19.3 Å². The van der Waals surface area contributed by atoms with Crippen molar-refractivity contribution in [2.75, 3.05) is 39.6 Å². The van der Waals surface area contributed by atoms with E-state index in [4.69, 9.17) is 37.0 Å². The van der Waals surface area contributed by atoms with Crippen molar-refractivity contribution >= 4 is 39.5 Å². The topological polar surface area (TPSA) is 237 Å². The highest BCUT2D eigenvalue weighted by Gasteiger charge is 2.30. The van der Waals surface area contributed by atoms with Gasteiger partial charge in [0.2, 0.25) is 0 Å². The molecule has 0 aliphatic rings. The zero-order valence-corrected chi connectivity index (χ0v) is 64.6. The minimum absolute atomic E-state index is 0.106. The molecule has 0 aromatic carbocycles. The Morgan fingerprint density at radius 1 is 0.281 bits per heavy atom. The van der Waals surface area contributed by atoms with Gasteiger partial charge in [0.05, 0.1) is 26.4 Å². The summed E-state index contributed by atoms with van der Waals surface area (Å²) < 4.78 is 68.5. The monoisotopic (exact) mass is 1410 g/mol. The van der Waals surface area contributed by atoms with Gasteiger partial charge in [-0.05, 0) is 43.4 Å². The molecule has 19 heteroatoms. The molecular formula is C77H150O17P2. The van der Waals surface area contributed by atoms with Crippen molar-refractivity contribution in [1.82, 2.24) is 0 Å². The Morgan fingerprint density at radius 2 is 0.479 bits per heavy atom. The highest BCUT2D eigenvalue weighted by molar-refractivity contribution is 7.47. The third-order valence-electron chi connectivity index (χ3n) is 17.9. The Labute approximate surface area is 588 Å². The molecule has 96 heavy (non-hydrogen) atoms. The van der Waals surface area contributed by atoms with Crippen molar-refractivity contribution in [3.8, 4) is 0 Å². The summed E-state index contributed by atoms with van der Waals surface area (Å²) in [6, 6.07) is 0. The number of rotatable bonds is 75. The van der Waals surface area contributed by atoms with Gasteiger partial charge in [0.15, 0.2) is 12.2 Å². The van der Waals surface area contributed by atoms with Crippen molar-refractivity contribution in [3.05, 3.63) is 0 Å². The maximum atomic E-state index is 13.1. The highest BCUT2D eigenvalue weighted by atomic mass is 31.2. The van der Waals surface area contributed by atoms with Crippen molar-refractivity contribution < 1.29 is 80.2 Å². The summed E-state index contributed by atoms with van der Waals surface area (Å²) in [6.45, 7) is 11.9. The lowest BCUT2D eigenvalue weighted by atomic mass is 10.0. The second-order valence-corrected chi connectivity index (χ2v) is 32.1. The number of carbonyl (C=O) groups is 4. The number of hydrogen-bond donors (Lipinski definition) is 3. The van der Waals surface area contributed by atoms with E-state index >= 15 is 0 Å². The van der Waals surface area contributed by atoms with Gasteiger partial charge in [0, 0.05) is 25.7 Å². The number of unbranched alkanes of at least 4 members (excludes halogenated alkanes) is 43. The van der Waals surface area contributed by atoms with E-state index in [9.17, 15) is 43.2 Å². The third-order valence-corrected chi connectivity index (χ3v) is 19.8. The molecule has 2 unspecified atom stereocenters. The summed E-state index contributed by atoms with van der Waals surface area (Å²) in [5.41, 5.74) is 0. The Bertz CT molecular complexity index is 1870. The fourth-order valence-corrected chi connectivity index (χ4v) is 13.4. The molecule has 0 fully saturated rings. The minimum atomic E-state index is -4.96. The van der Waals surface area contributed by atoms with Crippen LogP contribution in [0.5, 0.6) is 0 Å². The average molecular weight is 1410 g/mol. The fourth-order valence-electron chi connectivity index (χ4n) is 11.8. The van der Waals surface area contributed by atoms with Gasteiger partial charge in [0.25, 0.3) is 0 Å². The molecule has 0 spiro atoms. The summed E-state index contributed by atoms with van der Waals surface area (Å²) in [5.74, 6) is 0.246. The number of ether oxygens (including phenoxy) is 4. The van der Waals surface area contributed by atoms with Gasteiger partial charge >= 0.3 is 39.5 Å². The molecule has 0 bridgehead atoms. The first-order chi connectivity index (χ1) is 46.2. The van der Waals surface area contributed by atoms with E-state index in [1.54, 1.807) is 0 Å². The molecule has 0 aliphatic carbocycles. The maximum Gasteiger partial charge on any atom is 0.472 e. The van der Waals surface area contributed by atoms with Crippen LogP contribution in [0.4, 0.5) is 0 Å². The lowest BCUT2D eigenvalue weighted by molar-refractivity contribution is -0.161. The summed E-state index contributed by atoms with van der Waals surface area (Å²) in [7, 11) is -9.91. The van der Waals surface area contributed by atoms with E-state index in [0.717, 1.165) is 120 Å². The fraction of sp³-hybridized carbons (Fsp3) is 0.948. The Hall–Kier alpha value is -1.94. The van der Waals surface area contributed by atoms with Gasteiger partial charge < -0.3 is 33.8 Å². The summed E-state index contributed by atoms with van der Waals surface area (Å²) >= 11 is 0. The van der Waals surface area contributed by atoms with E-state index in [1.807, 2.05) is 0 Å². The number of esters is 4. The molecular weight excluding hydrogens is 1260 g/mol. The molecule has 0 amide bonds. The summed E-state index contributed by atoms with van der Waals surface area (Å²) in [5, 5.41) is 10.6. The van der Waals surface area contributed by atoms with Crippen molar-refractivity contribution in [2.24, 2.45) is 17.8 Å². The van der Waals surface area contributed by atoms with Gasteiger partial charge in [-0.2, -0.15) is 0 Å². The van der Waals surface area contributed by atoms with Gasteiger partial charge in [-0.1, -0.05) is 344 Å². The van der Waals surface area contributed by atoms with E-state index in [0.29, 0.717) is 25.7 Å². The molecule has 0 saturated heterocycles. The van der Waals surface area contributed by atoms with E-state index in [2.05, 4.69) is 48.5 Å². The van der Waals surface area contributed by atoms with Crippen LogP contribution >= 0.6 is 15.6 Å². The minimum Gasteiger partial charge on any atom is -0.462 e. The number of carbonyl (C=O) groups excluding carboxylic acids is 4. The molecule has 0 rings (SSSR count). The molecule has 3 N–H and O–H groups in total. The first-order valence-electron chi connectivity index (χ1n) is 39.8. The Balaban J connectivity index is 5.19. The van der Waals surface area contributed by atoms with Crippen molar-refractivity contribution in [1.29, 1.82) is 0 Å². The first kappa shape index (κ1) is 94.1. The number of phosphoric acid groups is 2. The smallest absolute Gasteiger partial charge is 0.462 e. The number of phosphoric ester groups is 2. The molecule has 570 valence electrons. The van der Waals surface area contributed by atoms with Crippen LogP contribution in [0.1, 0.15) is 395 Å². The molecule has 5 atom stereocenters. The standard InChI is InChI=1S/C77H150O17P2/c1-8-9-10-11-34-44-51-58-74(79)87-64-72(93-77(82)61-54-47-40-33-27-21-24-30-37-43-50-57-70(6)7)66-91-95(83,84)89-62-71(78)63-90-96(85,86)92-67-73(65-88-75(80)59-52-45-38-31-25-20-16-18-23-29-36-42-49-56-69(4)5)94-76(81)60-53-46-39-32-26-19-15-13-12-14-17-22-28-35-41-48-55-68(2)3/h68-73,78H,8-67H2,1-7H3,(H,83,84)(H,85,86)/t71-,72+,73+/m0/s1. The highest BCUT2D eigenvalue weighted by Crippen LogP contribution is 2.45. The van der Waals surface area contributed by atoms with Crippen LogP contribution < -0.4 is 0 Å². The van der Waals surface area contributed by atoms with E-state index < -0.39 is 97.5 Å². The maximum absolute atomic E-state index is 13.1. The van der Waals surface area contributed by atoms with Crippen LogP contribution in [0, 0.1) is 17.8 Å². The number of aliphatic hydroxyl groups excluding tert-OH is 1. The zero-order valence-electron chi connectivity index (χ0n) is 62.8. The Kier molecular flexibility index (Phi) is 66.2. The zero-order chi connectivity index (χ0) is 70.9. The lowest BCUT2D eigenvalue weighted by Crippen LogP contribution is -2.30. The number of aliphatic hydroxyl groups is 1. The normalized spacial score (nSPS) is 14.1. The number of hydrogen-bond acceptors (Lipinski definition) is 15. The summed E-state index contributed by atoms with van der Waals surface area (Å²) in [4.78, 5) is 72.7. The van der Waals surface area contributed by atoms with Crippen LogP contribution in [-0.2, 0) is 65.4 Å². The van der Waals surface area contributed by atoms with Gasteiger partial charge in [-0.15, -0.1) is 0 Å². The van der Waals surface area contributed by atoms with Gasteiger partial charge in [-0.25, -0.2) is 9.13 Å². The van der Waals surface area contributed by atoms with E-state index in [-0.39, 0.29) is 25.7 Å². The first-order valence-corrected chi connectivity index (χ1v) is 42.8. The predicted molar refractivity (Wildman–Crippen MR) is 391 cm³/mol. The average Bonchev–Trinajstić information content (AvgIpc) is 1.66. The molecule has 0 heterocycles. The molecule has 0 saturated carbocycles. The van der Waals surface area contributed by atoms with Crippen LogP contribution in [0.3, 0.4) is 0 Å². The van der Waals surface area contributed by atoms with E-state index in [1.165, 1.54) is 193 Å². The molecule has 17 nitrogen and oxygen atoms in total. The third kappa shape index (κ3) is 70.5. The summed E-state index contributed by atoms with van der Waals surface area (Å²) in [6.07, 6.45) is 54.2. The molecule has 0 aliphatic heterocycles. The predicted octanol–water partition coefficient (Wildman–Crippen LogP) is 22.6. The quantitative estimate of drug-likeness (QED) is 0.0222. The van der Waals surface area contributed by atoms with Crippen LogP contribution in [0.2, 0.25) is 0 Å². The molecule has 0 aromatic heterocycles. The lowest BCUT2D eigenvalue weighted by Gasteiger charge is -2.21. The van der Waals surface area contributed by atoms with Crippen molar-refractivity contribution in [3.63, 3.8) is 0 Å². The SMILES string of the molecule is CCCCCCCCCC(=O)OC[C@H](COP(=O)(O)OC[C@H](O)COP(=O)(O)OC[C@@H](COC(=O)CCCCCCCCCCCCCCCC(C)C)OC(=O)CCCCCCCCCCCCCCCCCCC(C)C)OC(=O)CCCCCCCCCCCCCC(C)C. The van der Waals surface area contributed by atoms with Gasteiger partial charge in [-0.3, -0.25) is 37.3 Å². The second kappa shape index (κ2) is 67.5. The second-order valence-electron chi connectivity index (χ2n) is 29.2. The molecule has 0 radical (unpaired) electrons. The van der Waals surface area contributed by atoms with Crippen LogP contribution in [0.25, 0.3) is 0 Å². The Morgan fingerprint density at radius 3 is 0.708 bits per heavy atom. The molecule has 0 aromatic rings. The van der Waals surface area contributed by atoms with Crippen LogP contribution in [0.15, 0.2) is 0 Å². The van der Waals surface area contributed by atoms with Crippen LogP contribution in [-0.4, -0.2) is 96.7 Å². The largest absolute Gasteiger partial charge is 0.472 e.